The van der Waals surface area contributed by atoms with Crippen molar-refractivity contribution in [1.29, 1.82) is 0 Å². The molecule has 4 heteroatoms. The first kappa shape index (κ1) is 19.8. The summed E-state index contributed by atoms with van der Waals surface area (Å²) in [7, 11) is 0. The van der Waals surface area contributed by atoms with Gasteiger partial charge in [-0.3, -0.25) is 6.08 Å². The van der Waals surface area contributed by atoms with Crippen LogP contribution in [0, 0.1) is 13.0 Å². The van der Waals surface area contributed by atoms with Gasteiger partial charge in [0.05, 0.1) is 0 Å². The molecule has 1 aromatic heterocycles. The van der Waals surface area contributed by atoms with Gasteiger partial charge >= 0.3 is 21.7 Å². The van der Waals surface area contributed by atoms with Crippen LogP contribution in [0.1, 0.15) is 30.7 Å². The molecule has 0 unspecified atom stereocenters. The molecule has 0 aromatic carbocycles. The van der Waals surface area contributed by atoms with E-state index in [0.717, 1.165) is 6.42 Å². The molecule has 0 spiro atoms. The van der Waals surface area contributed by atoms with Gasteiger partial charge in [-0.15, -0.1) is 17.8 Å². The van der Waals surface area contributed by atoms with Crippen LogP contribution in [-0.2, 0) is 27.1 Å². The van der Waals surface area contributed by atoms with Crippen molar-refractivity contribution in [2.75, 3.05) is 0 Å². The Morgan fingerprint density at radius 3 is 2.35 bits per heavy atom. The van der Waals surface area contributed by atoms with Crippen molar-refractivity contribution in [1.82, 2.24) is 0 Å². The maximum atomic E-state index is 3.42. The van der Waals surface area contributed by atoms with Gasteiger partial charge in [0.25, 0.3) is 0 Å². The molecule has 1 aliphatic carbocycles. The van der Waals surface area contributed by atoms with Gasteiger partial charge in [0, 0.05) is 4.88 Å². The predicted octanol–water partition coefficient (Wildman–Crippen LogP) is -1.97. The minimum atomic E-state index is 0. The summed E-state index contributed by atoms with van der Waals surface area (Å²) in [5, 5.41) is 2.17. The van der Waals surface area contributed by atoms with Gasteiger partial charge in [-0.2, -0.15) is 6.08 Å². The molecule has 0 nitrogen and oxygen atoms in total. The van der Waals surface area contributed by atoms with Crippen LogP contribution < -0.4 is 24.8 Å². The standard InChI is InChI=1S/C13H15S.2ClH.Ti/c1-10-8-9-14-12(10)13(2,3)11-6-4-5-7-11;;;/h4,6,8-9H,5H2,1-3H3;2*1H;/q-1;;;+3/p-2. The third kappa shape index (κ3) is 3.97. The number of hydrogen-bond donors (Lipinski definition) is 0. The normalized spacial score (nSPS) is 13.2. The number of rotatable bonds is 2. The molecule has 1 radical (unpaired) electrons. The first-order valence-corrected chi connectivity index (χ1v) is 5.83. The van der Waals surface area contributed by atoms with Gasteiger partial charge in [0.1, 0.15) is 0 Å². The Kier molecular flexibility index (Phi) is 9.10. The SMILES string of the molecule is Cc1ccsc1C(C)(C)C1=[C-]CC=C1.[Cl-].[Cl-].[Ti+3]. The zero-order chi connectivity index (χ0) is 10.2. The van der Waals surface area contributed by atoms with Crippen LogP contribution in [0.5, 0.6) is 0 Å². The zero-order valence-electron chi connectivity index (χ0n) is 10.2. The number of allylic oxidation sites excluding steroid dienone is 4. The summed E-state index contributed by atoms with van der Waals surface area (Å²) in [6.45, 7) is 6.75. The van der Waals surface area contributed by atoms with Gasteiger partial charge in [-0.1, -0.05) is 13.8 Å². The molecule has 0 saturated heterocycles. The third-order valence-electron chi connectivity index (χ3n) is 2.80. The average Bonchev–Trinajstić information content (AvgIpc) is 2.72. The van der Waals surface area contributed by atoms with E-state index in [1.54, 1.807) is 0 Å². The molecule has 0 saturated carbocycles. The summed E-state index contributed by atoms with van der Waals surface area (Å²) in [5.41, 5.74) is 2.86. The molecule has 0 N–H and O–H groups in total. The Hall–Kier alpha value is 0.474. The van der Waals surface area contributed by atoms with Crippen molar-refractivity contribution in [3.05, 3.63) is 45.7 Å². The maximum Gasteiger partial charge on any atom is 3.00 e. The molecule has 17 heavy (non-hydrogen) atoms. The van der Waals surface area contributed by atoms with Crippen molar-refractivity contribution in [3.8, 4) is 0 Å². The molecular weight excluding hydrogens is 307 g/mol. The summed E-state index contributed by atoms with van der Waals surface area (Å²) in [4.78, 5) is 1.46. The van der Waals surface area contributed by atoms with E-state index < -0.39 is 0 Å². The van der Waals surface area contributed by atoms with Crippen molar-refractivity contribution < 1.29 is 46.5 Å². The Morgan fingerprint density at radius 2 is 1.94 bits per heavy atom. The van der Waals surface area contributed by atoms with E-state index in [9.17, 15) is 0 Å². The van der Waals surface area contributed by atoms with Crippen LogP contribution in [0.2, 0.25) is 0 Å². The monoisotopic (exact) mass is 321 g/mol. The molecule has 0 aliphatic heterocycles. The fourth-order valence-corrected chi connectivity index (χ4v) is 3.04. The van der Waals surface area contributed by atoms with Crippen LogP contribution in [0.25, 0.3) is 0 Å². The molecule has 0 fully saturated rings. The number of aryl methyl sites for hydroxylation is 1. The molecule has 91 valence electrons. The molecule has 1 heterocycles. The fourth-order valence-electron chi connectivity index (χ4n) is 1.97. The van der Waals surface area contributed by atoms with Gasteiger partial charge in [-0.25, -0.2) is 11.6 Å². The molecular formula is C13H15Cl2STi. The molecule has 0 amide bonds. The van der Waals surface area contributed by atoms with Crippen LogP contribution in [-0.4, -0.2) is 0 Å². The van der Waals surface area contributed by atoms with E-state index in [2.05, 4.69) is 50.4 Å². The quantitative estimate of drug-likeness (QED) is 0.438. The van der Waals surface area contributed by atoms with Crippen LogP contribution in [0.4, 0.5) is 0 Å². The summed E-state index contributed by atoms with van der Waals surface area (Å²) in [5.74, 6) is 0. The van der Waals surface area contributed by atoms with Gasteiger partial charge < -0.3 is 24.8 Å². The maximum absolute atomic E-state index is 3.42. The van der Waals surface area contributed by atoms with E-state index in [4.69, 9.17) is 0 Å². The second-order valence-corrected chi connectivity index (χ2v) is 5.17. The minimum absolute atomic E-state index is 0. The van der Waals surface area contributed by atoms with Gasteiger partial charge in [0.2, 0.25) is 0 Å². The third-order valence-corrected chi connectivity index (χ3v) is 4.14. The summed E-state index contributed by atoms with van der Waals surface area (Å²) in [6.07, 6.45) is 8.79. The van der Waals surface area contributed by atoms with Crippen LogP contribution in [0.3, 0.4) is 0 Å². The van der Waals surface area contributed by atoms with E-state index in [1.165, 1.54) is 16.0 Å². The van der Waals surface area contributed by atoms with Crippen LogP contribution >= 0.6 is 11.3 Å². The largest absolute Gasteiger partial charge is 3.00 e. The van der Waals surface area contributed by atoms with E-state index >= 15 is 0 Å². The first-order chi connectivity index (χ1) is 6.62. The topological polar surface area (TPSA) is 0 Å². The van der Waals surface area contributed by atoms with E-state index in [1.807, 2.05) is 11.3 Å². The zero-order valence-corrected chi connectivity index (χ0v) is 14.1. The van der Waals surface area contributed by atoms with Crippen molar-refractivity contribution in [3.63, 3.8) is 0 Å². The summed E-state index contributed by atoms with van der Waals surface area (Å²) < 4.78 is 0. The van der Waals surface area contributed by atoms with Crippen molar-refractivity contribution >= 4 is 11.3 Å². The summed E-state index contributed by atoms with van der Waals surface area (Å²) in [6, 6.07) is 2.20. The molecule has 0 bridgehead atoms. The Labute approximate surface area is 135 Å². The van der Waals surface area contributed by atoms with Gasteiger partial charge in [0.15, 0.2) is 0 Å². The average molecular weight is 322 g/mol. The molecule has 0 atom stereocenters. The van der Waals surface area contributed by atoms with Gasteiger partial charge in [-0.05, 0) is 29.3 Å². The van der Waals surface area contributed by atoms with Crippen molar-refractivity contribution in [2.24, 2.45) is 0 Å². The number of thiophene rings is 1. The van der Waals surface area contributed by atoms with Crippen LogP contribution in [0.15, 0.2) is 29.2 Å². The minimum Gasteiger partial charge on any atom is -1.00 e. The fraction of sp³-hybridized carbons (Fsp3) is 0.385. The van der Waals surface area contributed by atoms with Crippen molar-refractivity contribution in [2.45, 2.75) is 32.6 Å². The number of halogens is 2. The Balaban J connectivity index is 0. The Bertz CT molecular complexity index is 405. The smallest absolute Gasteiger partial charge is 1.00 e. The summed E-state index contributed by atoms with van der Waals surface area (Å²) >= 11 is 1.85. The van der Waals surface area contributed by atoms with E-state index in [0.29, 0.717) is 0 Å². The molecule has 1 aromatic rings. The second-order valence-electron chi connectivity index (χ2n) is 4.25. The Morgan fingerprint density at radius 1 is 1.29 bits per heavy atom. The molecule has 2 rings (SSSR count). The predicted molar refractivity (Wildman–Crippen MR) is 62.6 cm³/mol. The number of hydrogen-bond acceptors (Lipinski definition) is 1. The molecule has 1 aliphatic rings. The first-order valence-electron chi connectivity index (χ1n) is 4.95. The van der Waals surface area contributed by atoms with E-state index in [-0.39, 0.29) is 51.9 Å². The second kappa shape index (κ2) is 7.81.